The molecule has 51 heavy (non-hydrogen) atoms. The smallest absolute Gasteiger partial charge is 0.328 e. The zero-order chi connectivity index (χ0) is 36.4. The van der Waals surface area contributed by atoms with Crippen molar-refractivity contribution in [3.8, 4) is 51.2 Å². The summed E-state index contributed by atoms with van der Waals surface area (Å²) in [6.45, 7) is 2.93. The molecule has 0 radical (unpaired) electrons. The normalized spacial score (nSPS) is 11.3. The number of hydrogen-bond donors (Lipinski definition) is 3. The zero-order valence-corrected chi connectivity index (χ0v) is 30.3. The Labute approximate surface area is 301 Å². The van der Waals surface area contributed by atoms with Crippen molar-refractivity contribution in [1.82, 2.24) is 15.3 Å². The molecule has 1 heterocycles. The van der Waals surface area contributed by atoms with E-state index < -0.39 is 5.97 Å². The minimum Gasteiger partial charge on any atom is -0.493 e. The first-order valence-corrected chi connectivity index (χ1v) is 17.9. The fourth-order valence-corrected chi connectivity index (χ4v) is 5.94. The third-order valence-corrected chi connectivity index (χ3v) is 8.72. The van der Waals surface area contributed by atoms with Gasteiger partial charge in [0.25, 0.3) is 0 Å². The van der Waals surface area contributed by atoms with Crippen LogP contribution < -0.4 is 19.5 Å². The van der Waals surface area contributed by atoms with E-state index in [-0.39, 0.29) is 5.91 Å². The lowest BCUT2D eigenvalue weighted by Gasteiger charge is -2.14. The summed E-state index contributed by atoms with van der Waals surface area (Å²) in [5, 5.41) is 12.0. The van der Waals surface area contributed by atoms with Crippen LogP contribution in [-0.2, 0) is 9.59 Å². The maximum Gasteiger partial charge on any atom is 0.328 e. The van der Waals surface area contributed by atoms with Crippen molar-refractivity contribution in [2.75, 3.05) is 27.9 Å². The second-order valence-corrected chi connectivity index (χ2v) is 12.4. The van der Waals surface area contributed by atoms with Crippen LogP contribution in [0.25, 0.3) is 46.1 Å². The number of benzene rings is 3. The van der Waals surface area contributed by atoms with E-state index in [1.807, 2.05) is 60.7 Å². The number of nitrogens with zero attached hydrogens (tertiary/aromatic N) is 1. The summed E-state index contributed by atoms with van der Waals surface area (Å²) in [5.74, 6) is 0.924. The van der Waals surface area contributed by atoms with Gasteiger partial charge in [-0.15, -0.1) is 0 Å². The second kappa shape index (κ2) is 20.4. The Morgan fingerprint density at radius 3 is 1.84 bits per heavy atom. The van der Waals surface area contributed by atoms with Gasteiger partial charge in [0.1, 0.15) is 5.82 Å². The molecule has 0 aliphatic heterocycles. The molecule has 0 unspecified atom stereocenters. The maximum absolute atomic E-state index is 12.5. The number of imidazole rings is 1. The molecule has 270 valence electrons. The average Bonchev–Trinajstić information content (AvgIpc) is 3.60. The van der Waals surface area contributed by atoms with Crippen LogP contribution in [0.1, 0.15) is 82.3 Å². The molecule has 4 rings (SSSR count). The van der Waals surface area contributed by atoms with Gasteiger partial charge in [0, 0.05) is 29.8 Å². The Morgan fingerprint density at radius 2 is 1.27 bits per heavy atom. The summed E-state index contributed by atoms with van der Waals surface area (Å²) in [6, 6.07) is 19.1. The van der Waals surface area contributed by atoms with Gasteiger partial charge in [0.2, 0.25) is 11.7 Å². The van der Waals surface area contributed by atoms with E-state index in [0.717, 1.165) is 46.9 Å². The molecular formula is C42H51N3O6. The second-order valence-electron chi connectivity index (χ2n) is 12.4. The van der Waals surface area contributed by atoms with E-state index >= 15 is 0 Å². The number of aliphatic carboxylic acids is 1. The first-order valence-electron chi connectivity index (χ1n) is 17.9. The number of carbonyl (C=O) groups is 2. The number of ether oxygens (including phenoxy) is 3. The number of carbonyl (C=O) groups excluding carboxylic acids is 1. The van der Waals surface area contributed by atoms with Gasteiger partial charge in [-0.05, 0) is 41.8 Å². The number of carboxylic acid groups (broad SMARTS) is 1. The Hall–Kier alpha value is -5.31. The lowest BCUT2D eigenvalue weighted by molar-refractivity contribution is -0.131. The molecular weight excluding hydrogens is 642 g/mol. The lowest BCUT2D eigenvalue weighted by Crippen LogP contribution is -2.21. The number of aromatic amines is 1. The number of carboxylic acids is 1. The van der Waals surface area contributed by atoms with Crippen LogP contribution in [0.4, 0.5) is 0 Å². The highest BCUT2D eigenvalue weighted by Crippen LogP contribution is 2.45. The first kappa shape index (κ1) is 38.5. The van der Waals surface area contributed by atoms with Crippen LogP contribution in [0.5, 0.6) is 17.2 Å². The SMILES string of the molecule is CCCCCCCCCCCCNC(=O)/C=C/c1ccc(-c2nc(-c3ccc(OC)c(OC)c3OC)[nH]c2-c2ccc(/C=C/C(=O)O)cc2)cc1. The quantitative estimate of drug-likeness (QED) is 0.0587. The van der Waals surface area contributed by atoms with Gasteiger partial charge in [0.15, 0.2) is 11.5 Å². The molecule has 1 amide bonds. The van der Waals surface area contributed by atoms with Crippen LogP contribution in [-0.4, -0.2) is 54.8 Å². The Balaban J connectivity index is 1.47. The predicted octanol–water partition coefficient (Wildman–Crippen LogP) is 9.58. The van der Waals surface area contributed by atoms with Crippen LogP contribution in [0, 0.1) is 0 Å². The van der Waals surface area contributed by atoms with Crippen molar-refractivity contribution in [1.29, 1.82) is 0 Å². The first-order chi connectivity index (χ1) is 24.9. The highest BCUT2D eigenvalue weighted by molar-refractivity contribution is 5.92. The molecule has 1 aromatic heterocycles. The number of H-pyrrole nitrogens is 1. The maximum atomic E-state index is 12.5. The molecule has 0 saturated carbocycles. The number of hydrogen-bond acceptors (Lipinski definition) is 6. The number of amides is 1. The summed E-state index contributed by atoms with van der Waals surface area (Å²) in [7, 11) is 4.70. The minimum absolute atomic E-state index is 0.0975. The Morgan fingerprint density at radius 1 is 0.706 bits per heavy atom. The van der Waals surface area contributed by atoms with Crippen LogP contribution in [0.15, 0.2) is 72.8 Å². The minimum atomic E-state index is -1.01. The molecule has 0 aliphatic rings. The van der Waals surface area contributed by atoms with Gasteiger partial charge in [-0.2, -0.15) is 0 Å². The molecule has 0 aliphatic carbocycles. The van der Waals surface area contributed by atoms with Crippen LogP contribution >= 0.6 is 0 Å². The molecule has 4 aromatic rings. The Kier molecular flexibility index (Phi) is 15.4. The van der Waals surface area contributed by atoms with Crippen molar-refractivity contribution in [3.63, 3.8) is 0 Å². The number of nitrogens with one attached hydrogen (secondary N) is 2. The number of unbranched alkanes of at least 4 members (excludes halogenated alkanes) is 9. The third kappa shape index (κ3) is 11.4. The number of rotatable bonds is 21. The molecule has 9 nitrogen and oxygen atoms in total. The highest BCUT2D eigenvalue weighted by Gasteiger charge is 2.22. The molecule has 0 saturated heterocycles. The molecule has 0 atom stereocenters. The molecule has 0 fully saturated rings. The van der Waals surface area contributed by atoms with Crippen molar-refractivity contribution < 1.29 is 28.9 Å². The summed E-state index contributed by atoms with van der Waals surface area (Å²) in [4.78, 5) is 32.0. The topological polar surface area (TPSA) is 123 Å². The summed E-state index contributed by atoms with van der Waals surface area (Å²) < 4.78 is 16.8. The highest BCUT2D eigenvalue weighted by atomic mass is 16.5. The van der Waals surface area contributed by atoms with Gasteiger partial charge >= 0.3 is 5.97 Å². The van der Waals surface area contributed by atoms with E-state index in [2.05, 4.69) is 17.2 Å². The van der Waals surface area contributed by atoms with E-state index in [0.29, 0.717) is 40.9 Å². The van der Waals surface area contributed by atoms with Crippen molar-refractivity contribution >= 4 is 24.0 Å². The molecule has 3 aromatic carbocycles. The molecule has 3 N–H and O–H groups in total. The molecule has 0 bridgehead atoms. The molecule has 9 heteroatoms. The summed E-state index contributed by atoms with van der Waals surface area (Å²) in [6.07, 6.45) is 18.7. The van der Waals surface area contributed by atoms with Gasteiger partial charge in [-0.1, -0.05) is 113 Å². The number of aromatic nitrogens is 2. The van der Waals surface area contributed by atoms with Gasteiger partial charge < -0.3 is 29.6 Å². The van der Waals surface area contributed by atoms with E-state index in [1.54, 1.807) is 39.5 Å². The fraction of sp³-hybridized carbons (Fsp3) is 0.357. The summed E-state index contributed by atoms with van der Waals surface area (Å²) >= 11 is 0. The monoisotopic (exact) mass is 693 g/mol. The van der Waals surface area contributed by atoms with Crippen molar-refractivity contribution in [2.45, 2.75) is 71.1 Å². The third-order valence-electron chi connectivity index (χ3n) is 8.72. The van der Waals surface area contributed by atoms with Crippen LogP contribution in [0.2, 0.25) is 0 Å². The van der Waals surface area contributed by atoms with E-state index in [1.165, 1.54) is 51.4 Å². The summed E-state index contributed by atoms with van der Waals surface area (Å²) in [5.41, 5.74) is 5.54. The van der Waals surface area contributed by atoms with Crippen molar-refractivity contribution in [2.24, 2.45) is 0 Å². The van der Waals surface area contributed by atoms with Crippen molar-refractivity contribution in [3.05, 3.63) is 83.9 Å². The predicted molar refractivity (Wildman–Crippen MR) is 205 cm³/mol. The lowest BCUT2D eigenvalue weighted by atomic mass is 10.0. The standard InChI is InChI=1S/C42H51N3O6/c1-5-6-7-8-9-10-11-12-13-14-29-43-36(46)27-19-30-15-21-32(22-16-30)38-39(33-23-17-31(18-24-33)20-28-37(47)48)45-42(44-38)34-25-26-35(49-2)41(51-4)40(34)50-3/h15-28H,5-14,29H2,1-4H3,(H,43,46)(H,44,45)(H,47,48)/b27-19+,28-20+. The van der Waals surface area contributed by atoms with Gasteiger partial charge in [-0.25, -0.2) is 9.78 Å². The molecule has 0 spiro atoms. The fourth-order valence-electron chi connectivity index (χ4n) is 5.94. The van der Waals surface area contributed by atoms with Gasteiger partial charge in [0.05, 0.1) is 38.3 Å². The zero-order valence-electron chi connectivity index (χ0n) is 30.3. The van der Waals surface area contributed by atoms with E-state index in [9.17, 15) is 9.59 Å². The average molecular weight is 694 g/mol. The van der Waals surface area contributed by atoms with Crippen LogP contribution in [0.3, 0.4) is 0 Å². The Bertz CT molecular complexity index is 1760. The largest absolute Gasteiger partial charge is 0.493 e. The number of methoxy groups -OCH3 is 3. The van der Waals surface area contributed by atoms with Gasteiger partial charge in [-0.3, -0.25) is 4.79 Å². The van der Waals surface area contributed by atoms with E-state index in [4.69, 9.17) is 24.3 Å².